The molecule has 0 aliphatic heterocycles. The molecular weight excluding hydrogens is 665 g/mol. The SMILES string of the molecule is c1ccc(-c2nc(-c3cccc(-c4cccc5ccccc45)c3)nc(-c3ccc4ccc5oc6ccc7oc(-c8ccccc8)nc7c6c5c4c3)n2)cc1. The molecule has 0 saturated carbocycles. The lowest BCUT2D eigenvalue weighted by atomic mass is 9.97. The summed E-state index contributed by atoms with van der Waals surface area (Å²) in [5.74, 6) is 2.37. The summed E-state index contributed by atoms with van der Waals surface area (Å²) in [5, 5.41) is 6.38. The molecule has 252 valence electrons. The number of furan rings is 1. The summed E-state index contributed by atoms with van der Waals surface area (Å²) in [6.45, 7) is 0. The van der Waals surface area contributed by atoms with E-state index in [0.29, 0.717) is 28.9 Å². The van der Waals surface area contributed by atoms with E-state index in [1.54, 1.807) is 0 Å². The molecule has 0 saturated heterocycles. The largest absolute Gasteiger partial charge is 0.456 e. The van der Waals surface area contributed by atoms with Gasteiger partial charge in [0.15, 0.2) is 23.1 Å². The highest BCUT2D eigenvalue weighted by Gasteiger charge is 2.20. The van der Waals surface area contributed by atoms with E-state index in [0.717, 1.165) is 71.6 Å². The molecule has 0 radical (unpaired) electrons. The van der Waals surface area contributed by atoms with Gasteiger partial charge in [-0.3, -0.25) is 0 Å². The van der Waals surface area contributed by atoms with E-state index in [1.165, 1.54) is 10.8 Å². The van der Waals surface area contributed by atoms with Gasteiger partial charge in [0.25, 0.3) is 0 Å². The summed E-state index contributed by atoms with van der Waals surface area (Å²) in [5.41, 5.74) is 8.88. The average molecular weight is 693 g/mol. The lowest BCUT2D eigenvalue weighted by Gasteiger charge is -2.11. The van der Waals surface area contributed by atoms with Gasteiger partial charge < -0.3 is 8.83 Å². The number of benzene rings is 8. The van der Waals surface area contributed by atoms with Crippen LogP contribution >= 0.6 is 0 Å². The standard InChI is InChI=1S/C48H28N4O2/c1-3-12-31(13-4-1)45-50-46(34-18-9-17-33(27-34)37-20-10-16-29-11-7-8-19-36(29)37)52-47(51-45)35-22-21-30-23-24-39-42(38(30)28-35)43-40(53-39)25-26-41-44(43)49-48(54-41)32-14-5-2-6-15-32/h1-28H. The number of nitrogens with zero attached hydrogens (tertiary/aromatic N) is 4. The maximum absolute atomic E-state index is 6.43. The first-order chi connectivity index (χ1) is 26.7. The molecule has 54 heavy (non-hydrogen) atoms. The Balaban J connectivity index is 1.11. The second kappa shape index (κ2) is 12.1. The second-order valence-electron chi connectivity index (χ2n) is 13.4. The summed E-state index contributed by atoms with van der Waals surface area (Å²) < 4.78 is 12.7. The van der Waals surface area contributed by atoms with Gasteiger partial charge in [-0.05, 0) is 75.1 Å². The first-order valence-electron chi connectivity index (χ1n) is 17.9. The highest BCUT2D eigenvalue weighted by molar-refractivity contribution is 6.25. The third kappa shape index (κ3) is 4.96. The molecule has 3 aromatic heterocycles. The van der Waals surface area contributed by atoms with Crippen molar-refractivity contribution in [2.45, 2.75) is 0 Å². The van der Waals surface area contributed by atoms with Crippen molar-refractivity contribution < 1.29 is 8.83 Å². The van der Waals surface area contributed by atoms with Crippen LogP contribution in [0.3, 0.4) is 0 Å². The molecule has 0 aliphatic rings. The van der Waals surface area contributed by atoms with Gasteiger partial charge in [-0.2, -0.15) is 0 Å². The Labute approximate surface area is 309 Å². The van der Waals surface area contributed by atoms with Crippen LogP contribution in [0.15, 0.2) is 179 Å². The Morgan fingerprint density at radius 3 is 1.74 bits per heavy atom. The van der Waals surface area contributed by atoms with Crippen LogP contribution in [-0.2, 0) is 0 Å². The summed E-state index contributed by atoms with van der Waals surface area (Å²) in [6.07, 6.45) is 0. The molecule has 0 amide bonds. The predicted molar refractivity (Wildman–Crippen MR) is 217 cm³/mol. The zero-order valence-electron chi connectivity index (χ0n) is 28.8. The molecule has 3 heterocycles. The zero-order chi connectivity index (χ0) is 35.6. The van der Waals surface area contributed by atoms with E-state index in [9.17, 15) is 0 Å². The molecule has 8 aromatic carbocycles. The fourth-order valence-corrected chi connectivity index (χ4v) is 7.56. The van der Waals surface area contributed by atoms with Crippen molar-refractivity contribution in [1.82, 2.24) is 19.9 Å². The molecule has 6 nitrogen and oxygen atoms in total. The minimum Gasteiger partial charge on any atom is -0.456 e. The van der Waals surface area contributed by atoms with Crippen molar-refractivity contribution >= 4 is 54.6 Å². The molecule has 0 unspecified atom stereocenters. The maximum atomic E-state index is 6.43. The normalized spacial score (nSPS) is 11.7. The van der Waals surface area contributed by atoms with Gasteiger partial charge in [0.2, 0.25) is 5.89 Å². The summed E-state index contributed by atoms with van der Waals surface area (Å²) in [7, 11) is 0. The van der Waals surface area contributed by atoms with Gasteiger partial charge >= 0.3 is 0 Å². The van der Waals surface area contributed by atoms with Crippen molar-refractivity contribution in [3.05, 3.63) is 170 Å². The Hall–Kier alpha value is -7.44. The van der Waals surface area contributed by atoms with Crippen molar-refractivity contribution in [2.24, 2.45) is 0 Å². The number of oxazole rings is 1. The Kier molecular flexibility index (Phi) is 6.75. The van der Waals surface area contributed by atoms with Gasteiger partial charge in [0, 0.05) is 27.6 Å². The molecule has 0 spiro atoms. The maximum Gasteiger partial charge on any atom is 0.227 e. The van der Waals surface area contributed by atoms with E-state index in [1.807, 2.05) is 78.9 Å². The van der Waals surface area contributed by atoms with Crippen LogP contribution in [0.2, 0.25) is 0 Å². The van der Waals surface area contributed by atoms with Gasteiger partial charge in [-0.1, -0.05) is 127 Å². The third-order valence-corrected chi connectivity index (χ3v) is 10.1. The van der Waals surface area contributed by atoms with Crippen molar-refractivity contribution in [3.63, 3.8) is 0 Å². The number of rotatable bonds is 5. The van der Waals surface area contributed by atoms with Crippen LogP contribution < -0.4 is 0 Å². The molecule has 11 rings (SSSR count). The van der Waals surface area contributed by atoms with E-state index in [-0.39, 0.29) is 0 Å². The third-order valence-electron chi connectivity index (χ3n) is 10.1. The molecule has 0 fully saturated rings. The fraction of sp³-hybridized carbons (Fsp3) is 0. The highest BCUT2D eigenvalue weighted by Crippen LogP contribution is 2.41. The molecule has 0 N–H and O–H groups in total. The van der Waals surface area contributed by atoms with Crippen LogP contribution in [0.5, 0.6) is 0 Å². The molecule has 0 atom stereocenters. The summed E-state index contributed by atoms with van der Waals surface area (Å²) in [4.78, 5) is 20.3. The van der Waals surface area contributed by atoms with E-state index < -0.39 is 0 Å². The van der Waals surface area contributed by atoms with Crippen molar-refractivity contribution in [3.8, 4) is 56.7 Å². The Bertz CT molecular complexity index is 3220. The fourth-order valence-electron chi connectivity index (χ4n) is 7.56. The topological polar surface area (TPSA) is 77.8 Å². The molecule has 11 aromatic rings. The second-order valence-corrected chi connectivity index (χ2v) is 13.4. The van der Waals surface area contributed by atoms with Gasteiger partial charge in [0.05, 0.1) is 5.39 Å². The van der Waals surface area contributed by atoms with Crippen LogP contribution in [-0.4, -0.2) is 19.9 Å². The van der Waals surface area contributed by atoms with Gasteiger partial charge in [-0.15, -0.1) is 0 Å². The van der Waals surface area contributed by atoms with E-state index in [2.05, 4.69) is 91.0 Å². The van der Waals surface area contributed by atoms with Crippen LogP contribution in [0.1, 0.15) is 0 Å². The number of aromatic nitrogens is 4. The van der Waals surface area contributed by atoms with Crippen LogP contribution in [0.25, 0.3) is 111 Å². The number of hydrogen-bond donors (Lipinski definition) is 0. The minimum absolute atomic E-state index is 0.573. The molecule has 0 aliphatic carbocycles. The molecular formula is C48H28N4O2. The minimum atomic E-state index is 0.573. The van der Waals surface area contributed by atoms with E-state index >= 15 is 0 Å². The van der Waals surface area contributed by atoms with Crippen molar-refractivity contribution in [1.29, 1.82) is 0 Å². The lowest BCUT2D eigenvalue weighted by molar-refractivity contribution is 0.619. The van der Waals surface area contributed by atoms with Crippen LogP contribution in [0, 0.1) is 0 Å². The zero-order valence-corrected chi connectivity index (χ0v) is 28.8. The smallest absolute Gasteiger partial charge is 0.227 e. The van der Waals surface area contributed by atoms with E-state index in [4.69, 9.17) is 28.8 Å². The lowest BCUT2D eigenvalue weighted by Crippen LogP contribution is -2.00. The van der Waals surface area contributed by atoms with Gasteiger partial charge in [-0.25, -0.2) is 19.9 Å². The monoisotopic (exact) mass is 692 g/mol. The van der Waals surface area contributed by atoms with Crippen molar-refractivity contribution in [2.75, 3.05) is 0 Å². The van der Waals surface area contributed by atoms with Gasteiger partial charge in [0.1, 0.15) is 16.7 Å². The Morgan fingerprint density at radius 1 is 0.333 bits per heavy atom. The quantitative estimate of drug-likeness (QED) is 0.179. The number of fused-ring (bicyclic) bond motifs is 8. The summed E-state index contributed by atoms with van der Waals surface area (Å²) >= 11 is 0. The summed E-state index contributed by atoms with van der Waals surface area (Å²) in [6, 6.07) is 57.7. The first kappa shape index (κ1) is 30.2. The van der Waals surface area contributed by atoms with Crippen LogP contribution in [0.4, 0.5) is 0 Å². The number of hydrogen-bond acceptors (Lipinski definition) is 6. The highest BCUT2D eigenvalue weighted by atomic mass is 16.4. The molecule has 0 bridgehead atoms. The average Bonchev–Trinajstić information content (AvgIpc) is 3.86. The Morgan fingerprint density at radius 2 is 0.907 bits per heavy atom. The first-order valence-corrected chi connectivity index (χ1v) is 17.9. The molecule has 6 heteroatoms. The predicted octanol–water partition coefficient (Wildman–Crippen LogP) is 12.6.